The van der Waals surface area contributed by atoms with Crippen LogP contribution in [0.15, 0.2) is 77.7 Å². The molecule has 3 aromatic carbocycles. The molecule has 0 aliphatic carbocycles. The number of hydrogen-bond donors (Lipinski definition) is 2. The lowest BCUT2D eigenvalue weighted by molar-refractivity contribution is -0.366. The topological polar surface area (TPSA) is 132 Å². The molecule has 0 aliphatic heterocycles. The first-order valence-electron chi connectivity index (χ1n) is 11.5. The summed E-state index contributed by atoms with van der Waals surface area (Å²) in [5.41, 5.74) is 11.1. The molecule has 1 aromatic heterocycles. The van der Waals surface area contributed by atoms with Gasteiger partial charge in [-0.3, -0.25) is 4.72 Å². The fraction of sp³-hybridized carbons (Fsp3) is 0.185. The summed E-state index contributed by atoms with van der Waals surface area (Å²) in [5, 5.41) is 14.7. The molecule has 0 radical (unpaired) electrons. The molecule has 0 spiro atoms. The van der Waals surface area contributed by atoms with E-state index in [2.05, 4.69) is 35.1 Å². The number of nitrogens with zero attached hydrogens (tertiary/aromatic N) is 2. The molecular weight excluding hydrogens is 495 g/mol. The number of amides is 1. The van der Waals surface area contributed by atoms with Crippen molar-refractivity contribution in [1.29, 1.82) is 0 Å². The Kier molecular flexibility index (Phi) is 8.80. The average molecular weight is 525 g/mol. The molecule has 0 saturated heterocycles. The minimum Gasteiger partial charge on any atom is -0.529 e. The smallest absolute Gasteiger partial charge is 0.262 e. The van der Waals surface area contributed by atoms with E-state index in [1.54, 1.807) is 31.2 Å². The number of hydrogen-bond acceptors (Lipinski definition) is 5. The van der Waals surface area contributed by atoms with Crippen LogP contribution < -0.4 is 15.6 Å². The van der Waals surface area contributed by atoms with E-state index >= 15 is 0 Å². The second kappa shape index (κ2) is 11.8. The molecule has 10 heteroatoms. The van der Waals surface area contributed by atoms with Crippen molar-refractivity contribution in [2.24, 2.45) is 0 Å². The Morgan fingerprint density at radius 3 is 2.11 bits per heavy atom. The summed E-state index contributed by atoms with van der Waals surface area (Å²) in [6, 6.07) is 20.8. The van der Waals surface area contributed by atoms with Gasteiger partial charge in [0, 0.05) is 17.7 Å². The zero-order valence-corrected chi connectivity index (χ0v) is 21.7. The Morgan fingerprint density at radius 2 is 1.57 bits per heavy atom. The van der Waals surface area contributed by atoms with Crippen LogP contribution in [0.3, 0.4) is 0 Å². The van der Waals surface area contributed by atoms with Gasteiger partial charge in [0.05, 0.1) is 22.8 Å². The molecule has 1 heterocycles. The second-order valence-corrected chi connectivity index (χ2v) is 10.1. The number of carboxylic acid groups (broad SMARTS) is 1. The molecule has 4 aromatic rings. The van der Waals surface area contributed by atoms with E-state index in [4.69, 9.17) is 0 Å². The monoisotopic (exact) mass is 524 g/mol. The van der Waals surface area contributed by atoms with E-state index in [1.807, 2.05) is 18.5 Å². The van der Waals surface area contributed by atoms with Crippen molar-refractivity contribution in [3.05, 3.63) is 101 Å². The third kappa shape index (κ3) is 7.02. The molecule has 194 valence electrons. The minimum atomic E-state index is -3.99. The first-order chi connectivity index (χ1) is 17.5. The van der Waals surface area contributed by atoms with Gasteiger partial charge in [0.1, 0.15) is 11.9 Å². The zero-order chi connectivity index (χ0) is 27.2. The van der Waals surface area contributed by atoms with E-state index in [-0.39, 0.29) is 10.7 Å². The number of nitrogens with one attached hydrogen (secondary N) is 1. The molecule has 8 nitrogen and oxygen atoms in total. The molecule has 37 heavy (non-hydrogen) atoms. The number of aromatic nitrogens is 2. The average Bonchev–Trinajstić information content (AvgIpc) is 3.14. The summed E-state index contributed by atoms with van der Waals surface area (Å²) in [5.74, 6) is -0.225. The molecule has 0 fully saturated rings. The number of rotatable bonds is 6. The van der Waals surface area contributed by atoms with Gasteiger partial charge in [-0.25, -0.2) is 17.5 Å². The van der Waals surface area contributed by atoms with Crippen molar-refractivity contribution in [3.8, 4) is 16.8 Å². The first-order valence-corrected chi connectivity index (χ1v) is 13.0. The summed E-state index contributed by atoms with van der Waals surface area (Å²) in [6.07, 6.45) is -0.858. The number of halogens is 1. The lowest BCUT2D eigenvalue weighted by atomic mass is 10.0. The molecule has 0 bridgehead atoms. The van der Waals surface area contributed by atoms with Crippen LogP contribution in [0.4, 0.5) is 9.18 Å². The van der Waals surface area contributed by atoms with Gasteiger partial charge in [-0.05, 0) is 68.3 Å². The van der Waals surface area contributed by atoms with Gasteiger partial charge in [0.2, 0.25) is 0 Å². The number of benzene rings is 3. The largest absolute Gasteiger partial charge is 0.529 e. The molecule has 0 saturated carbocycles. The van der Waals surface area contributed by atoms with Crippen LogP contribution in [0.1, 0.15) is 22.5 Å². The Morgan fingerprint density at radius 1 is 0.973 bits per heavy atom. The van der Waals surface area contributed by atoms with Crippen molar-refractivity contribution < 1.29 is 28.4 Å². The lowest BCUT2D eigenvalue weighted by Gasteiger charge is -2.07. The summed E-state index contributed by atoms with van der Waals surface area (Å²) >= 11 is 0. The summed E-state index contributed by atoms with van der Waals surface area (Å²) in [4.78, 5) is 9.95. The highest BCUT2D eigenvalue weighted by molar-refractivity contribution is 7.90. The van der Waals surface area contributed by atoms with Crippen LogP contribution in [-0.2, 0) is 16.4 Å². The third-order valence-corrected chi connectivity index (χ3v) is 6.95. The fourth-order valence-corrected chi connectivity index (χ4v) is 4.65. The van der Waals surface area contributed by atoms with Crippen LogP contribution >= 0.6 is 0 Å². The number of carbonyl (C=O) groups is 1. The van der Waals surface area contributed by atoms with Gasteiger partial charge >= 0.3 is 0 Å². The maximum Gasteiger partial charge on any atom is 0.262 e. The number of carbonyl (C=O) groups excluding carboxylic acids is 1. The Balaban J connectivity index is 0.000000233. The van der Waals surface area contributed by atoms with E-state index in [9.17, 15) is 22.7 Å². The van der Waals surface area contributed by atoms with Crippen LogP contribution in [0.2, 0.25) is 0 Å². The van der Waals surface area contributed by atoms with E-state index in [0.717, 1.165) is 46.7 Å². The summed E-state index contributed by atoms with van der Waals surface area (Å²) < 4.78 is 38.9. The molecular formula is C27H29FN4O4S. The van der Waals surface area contributed by atoms with E-state index in [1.165, 1.54) is 34.6 Å². The highest BCUT2D eigenvalue weighted by Crippen LogP contribution is 2.28. The quantitative estimate of drug-likeness (QED) is 0.400. The van der Waals surface area contributed by atoms with Gasteiger partial charge in [-0.2, -0.15) is 5.10 Å². The maximum atomic E-state index is 13.1. The van der Waals surface area contributed by atoms with Crippen molar-refractivity contribution in [1.82, 2.24) is 14.5 Å². The highest BCUT2D eigenvalue weighted by Gasteiger charge is 2.15. The standard InChI is InChI=1S/C19H20FN3.C8H9NO4S/c1-13-19(16-5-7-17(20)8-6-16)14(2)23(22-13)18-9-3-15(4-10-18)11-12-21;1-6-2-4-7(5-3-6)14(12,13)9-8(10)11/h3-10H,11-12,21H2,1-2H3;2-5,9H,1H3,(H,10,11). The molecule has 0 unspecified atom stereocenters. The van der Waals surface area contributed by atoms with Crippen LogP contribution in [0.5, 0.6) is 0 Å². The SMILES string of the molecule is Cc1ccc(S(=O)(=O)NC(=O)[O-])cc1.Cc1nn(-c2ccc(CC[NH3+])cc2)c(C)c1-c1ccc(F)cc1. The molecule has 4 N–H and O–H groups in total. The normalized spacial score (nSPS) is 10.9. The van der Waals surface area contributed by atoms with E-state index in [0.29, 0.717) is 0 Å². The van der Waals surface area contributed by atoms with Crippen molar-refractivity contribution >= 4 is 16.1 Å². The van der Waals surface area contributed by atoms with Crippen molar-refractivity contribution in [2.45, 2.75) is 32.1 Å². The van der Waals surface area contributed by atoms with Crippen molar-refractivity contribution in [3.63, 3.8) is 0 Å². The molecule has 0 atom stereocenters. The Hall–Kier alpha value is -4.02. The lowest BCUT2D eigenvalue weighted by Crippen LogP contribution is -2.51. The number of quaternary nitrogens is 1. The Labute approximate surface area is 215 Å². The predicted molar refractivity (Wildman–Crippen MR) is 137 cm³/mol. The Bertz CT molecular complexity index is 1460. The highest BCUT2D eigenvalue weighted by atomic mass is 32.2. The van der Waals surface area contributed by atoms with Gasteiger partial charge in [0.25, 0.3) is 10.0 Å². The zero-order valence-electron chi connectivity index (χ0n) is 20.9. The maximum absolute atomic E-state index is 13.1. The van der Waals surface area contributed by atoms with E-state index < -0.39 is 16.1 Å². The minimum absolute atomic E-state index is 0.104. The van der Waals surface area contributed by atoms with Crippen LogP contribution in [0.25, 0.3) is 16.8 Å². The third-order valence-electron chi connectivity index (χ3n) is 5.62. The summed E-state index contributed by atoms with van der Waals surface area (Å²) in [7, 11) is -3.99. The van der Waals surface area contributed by atoms with Crippen LogP contribution in [-0.4, -0.2) is 30.8 Å². The fourth-order valence-electron chi connectivity index (χ4n) is 3.82. The van der Waals surface area contributed by atoms with Gasteiger partial charge in [-0.15, -0.1) is 0 Å². The number of aryl methyl sites for hydroxylation is 2. The van der Waals surface area contributed by atoms with Gasteiger partial charge in [-0.1, -0.05) is 42.0 Å². The van der Waals surface area contributed by atoms with Gasteiger partial charge in [0.15, 0.2) is 0 Å². The first kappa shape index (κ1) is 27.6. The molecule has 1 amide bonds. The van der Waals surface area contributed by atoms with Crippen molar-refractivity contribution in [2.75, 3.05) is 6.54 Å². The predicted octanol–water partition coefficient (Wildman–Crippen LogP) is 2.70. The van der Waals surface area contributed by atoms with Gasteiger partial charge < -0.3 is 15.6 Å². The summed E-state index contributed by atoms with van der Waals surface area (Å²) in [6.45, 7) is 6.72. The molecule has 4 rings (SSSR count). The van der Waals surface area contributed by atoms with Crippen LogP contribution in [0, 0.1) is 26.6 Å². The molecule has 0 aliphatic rings. The second-order valence-electron chi connectivity index (χ2n) is 8.44. The number of sulfonamides is 1.